The molecule has 0 aliphatic carbocycles. The highest BCUT2D eigenvalue weighted by Crippen LogP contribution is 2.15. The summed E-state index contributed by atoms with van der Waals surface area (Å²) in [5, 5.41) is 14.3. The Morgan fingerprint density at radius 1 is 1.53 bits per heavy atom. The summed E-state index contributed by atoms with van der Waals surface area (Å²) < 4.78 is 0. The number of aliphatic carboxylic acids is 1. The number of hydrogen-bond acceptors (Lipinski definition) is 3. The van der Waals surface area contributed by atoms with Gasteiger partial charge in [-0.1, -0.05) is 0 Å². The van der Waals surface area contributed by atoms with Crippen molar-refractivity contribution in [2.24, 2.45) is 5.92 Å². The van der Waals surface area contributed by atoms with Gasteiger partial charge in [0.1, 0.15) is 6.04 Å². The van der Waals surface area contributed by atoms with Crippen LogP contribution in [0.25, 0.3) is 0 Å². The summed E-state index contributed by atoms with van der Waals surface area (Å²) in [7, 11) is 1.89. The second-order valence-electron chi connectivity index (χ2n) is 4.52. The van der Waals surface area contributed by atoms with Crippen LogP contribution in [0.3, 0.4) is 0 Å². The van der Waals surface area contributed by atoms with Gasteiger partial charge in [-0.25, -0.2) is 4.79 Å². The Morgan fingerprint density at radius 2 is 2.24 bits per heavy atom. The van der Waals surface area contributed by atoms with E-state index < -0.39 is 12.0 Å². The lowest BCUT2D eigenvalue weighted by molar-refractivity contribution is -0.138. The monoisotopic (exact) mass is 243 g/mol. The zero-order valence-corrected chi connectivity index (χ0v) is 10.4. The number of likely N-dealkylation sites (tertiary alicyclic amines) is 1. The first kappa shape index (κ1) is 13.8. The number of hydrogen-bond donors (Lipinski definition) is 3. The summed E-state index contributed by atoms with van der Waals surface area (Å²) in [5.41, 5.74) is 0. The van der Waals surface area contributed by atoms with E-state index in [0.717, 1.165) is 19.4 Å². The van der Waals surface area contributed by atoms with E-state index in [4.69, 9.17) is 5.11 Å². The van der Waals surface area contributed by atoms with Gasteiger partial charge in [0.2, 0.25) is 0 Å². The first-order valence-corrected chi connectivity index (χ1v) is 5.97. The maximum Gasteiger partial charge on any atom is 0.325 e. The molecule has 98 valence electrons. The minimum atomic E-state index is -1.01. The number of carbonyl (C=O) groups is 2. The van der Waals surface area contributed by atoms with Gasteiger partial charge in [-0.3, -0.25) is 4.79 Å². The van der Waals surface area contributed by atoms with Gasteiger partial charge in [-0.15, -0.1) is 0 Å². The van der Waals surface area contributed by atoms with Crippen molar-refractivity contribution >= 4 is 12.0 Å². The molecule has 6 heteroatoms. The van der Waals surface area contributed by atoms with Gasteiger partial charge in [0.25, 0.3) is 0 Å². The average Bonchev–Trinajstić information content (AvgIpc) is 2.29. The SMILES string of the molecule is CNCC1CCCN(C(=O)NC(C)C(=O)O)C1. The number of amides is 2. The summed E-state index contributed by atoms with van der Waals surface area (Å²) in [4.78, 5) is 24.1. The van der Waals surface area contributed by atoms with Crippen molar-refractivity contribution < 1.29 is 14.7 Å². The maximum atomic E-state index is 11.8. The summed E-state index contributed by atoms with van der Waals surface area (Å²) in [6.45, 7) is 3.75. The molecule has 0 spiro atoms. The van der Waals surface area contributed by atoms with Gasteiger partial charge in [0.05, 0.1) is 0 Å². The van der Waals surface area contributed by atoms with Crippen LogP contribution in [0.2, 0.25) is 0 Å². The number of nitrogens with zero attached hydrogens (tertiary/aromatic N) is 1. The fraction of sp³-hybridized carbons (Fsp3) is 0.818. The third-order valence-electron chi connectivity index (χ3n) is 3.01. The van der Waals surface area contributed by atoms with E-state index >= 15 is 0 Å². The maximum absolute atomic E-state index is 11.8. The minimum absolute atomic E-state index is 0.277. The highest BCUT2D eigenvalue weighted by molar-refractivity contribution is 5.82. The average molecular weight is 243 g/mol. The van der Waals surface area contributed by atoms with Gasteiger partial charge in [0, 0.05) is 13.1 Å². The zero-order valence-electron chi connectivity index (χ0n) is 10.4. The van der Waals surface area contributed by atoms with Crippen LogP contribution < -0.4 is 10.6 Å². The molecule has 0 aromatic carbocycles. The predicted octanol–water partition coefficient (Wildman–Crippen LogP) is 0.101. The van der Waals surface area contributed by atoms with Crippen LogP contribution in [0.15, 0.2) is 0 Å². The molecule has 0 radical (unpaired) electrons. The normalized spacial score (nSPS) is 22.0. The molecule has 17 heavy (non-hydrogen) atoms. The number of carboxylic acid groups (broad SMARTS) is 1. The predicted molar refractivity (Wildman–Crippen MR) is 63.9 cm³/mol. The number of rotatable bonds is 4. The molecule has 0 saturated carbocycles. The standard InChI is InChI=1S/C11H21N3O3/c1-8(10(15)16)13-11(17)14-5-3-4-9(7-14)6-12-2/h8-9,12H,3-7H2,1-2H3,(H,13,17)(H,15,16). The summed E-state index contributed by atoms with van der Waals surface area (Å²) in [6, 6.07) is -1.12. The van der Waals surface area contributed by atoms with Crippen LogP contribution in [0.4, 0.5) is 4.79 Å². The van der Waals surface area contributed by atoms with Crippen LogP contribution in [0.5, 0.6) is 0 Å². The molecular weight excluding hydrogens is 222 g/mol. The Morgan fingerprint density at radius 3 is 2.82 bits per heavy atom. The Bertz CT molecular complexity index is 281. The molecule has 2 atom stereocenters. The lowest BCUT2D eigenvalue weighted by Gasteiger charge is -2.33. The van der Waals surface area contributed by atoms with Crippen molar-refractivity contribution in [2.75, 3.05) is 26.7 Å². The van der Waals surface area contributed by atoms with E-state index in [0.29, 0.717) is 19.0 Å². The van der Waals surface area contributed by atoms with Crippen molar-refractivity contribution in [1.82, 2.24) is 15.5 Å². The molecule has 1 rings (SSSR count). The molecule has 1 fully saturated rings. The topological polar surface area (TPSA) is 81.7 Å². The highest BCUT2D eigenvalue weighted by Gasteiger charge is 2.25. The molecular formula is C11H21N3O3. The second kappa shape index (κ2) is 6.44. The van der Waals surface area contributed by atoms with E-state index in [1.165, 1.54) is 6.92 Å². The van der Waals surface area contributed by atoms with Crippen LogP contribution in [-0.2, 0) is 4.79 Å². The molecule has 0 bridgehead atoms. The Hall–Kier alpha value is -1.30. The number of nitrogens with one attached hydrogen (secondary N) is 2. The van der Waals surface area contributed by atoms with E-state index in [1.54, 1.807) is 4.90 Å². The van der Waals surface area contributed by atoms with E-state index in [9.17, 15) is 9.59 Å². The van der Waals surface area contributed by atoms with E-state index in [1.807, 2.05) is 7.05 Å². The van der Waals surface area contributed by atoms with Gasteiger partial charge in [-0.2, -0.15) is 0 Å². The Kier molecular flexibility index (Phi) is 5.21. The third-order valence-corrected chi connectivity index (χ3v) is 3.01. The van der Waals surface area contributed by atoms with Gasteiger partial charge < -0.3 is 20.6 Å². The van der Waals surface area contributed by atoms with Crippen LogP contribution >= 0.6 is 0 Å². The summed E-state index contributed by atoms with van der Waals surface area (Å²) >= 11 is 0. The fourth-order valence-corrected chi connectivity index (χ4v) is 2.04. The first-order valence-electron chi connectivity index (χ1n) is 5.97. The number of piperidine rings is 1. The van der Waals surface area contributed by atoms with Crippen LogP contribution in [0, 0.1) is 5.92 Å². The number of carbonyl (C=O) groups excluding carboxylic acids is 1. The van der Waals surface area contributed by atoms with Crippen molar-refractivity contribution in [1.29, 1.82) is 0 Å². The Balaban J connectivity index is 2.43. The van der Waals surface area contributed by atoms with Gasteiger partial charge >= 0.3 is 12.0 Å². The Labute approximate surface area is 101 Å². The molecule has 1 saturated heterocycles. The lowest BCUT2D eigenvalue weighted by Crippen LogP contribution is -2.50. The van der Waals surface area contributed by atoms with Gasteiger partial charge in [0.15, 0.2) is 0 Å². The molecule has 1 aliphatic heterocycles. The molecule has 0 aromatic heterocycles. The van der Waals surface area contributed by atoms with Crippen molar-refractivity contribution in [3.05, 3.63) is 0 Å². The van der Waals surface area contributed by atoms with Crippen molar-refractivity contribution in [2.45, 2.75) is 25.8 Å². The molecule has 0 aromatic rings. The lowest BCUT2D eigenvalue weighted by atomic mass is 9.98. The molecule has 3 N–H and O–H groups in total. The smallest absolute Gasteiger partial charge is 0.325 e. The minimum Gasteiger partial charge on any atom is -0.480 e. The second-order valence-corrected chi connectivity index (χ2v) is 4.52. The summed E-state index contributed by atoms with van der Waals surface area (Å²) in [5.74, 6) is -0.554. The van der Waals surface area contributed by atoms with Crippen LogP contribution in [0.1, 0.15) is 19.8 Å². The quantitative estimate of drug-likeness (QED) is 0.654. The summed E-state index contributed by atoms with van der Waals surface area (Å²) in [6.07, 6.45) is 2.08. The third kappa shape index (κ3) is 4.22. The van der Waals surface area contributed by atoms with E-state index in [-0.39, 0.29) is 6.03 Å². The van der Waals surface area contributed by atoms with E-state index in [2.05, 4.69) is 10.6 Å². The molecule has 2 unspecified atom stereocenters. The van der Waals surface area contributed by atoms with Crippen LogP contribution in [-0.4, -0.2) is 54.7 Å². The number of urea groups is 1. The van der Waals surface area contributed by atoms with Crippen molar-refractivity contribution in [3.63, 3.8) is 0 Å². The first-order chi connectivity index (χ1) is 8.04. The highest BCUT2D eigenvalue weighted by atomic mass is 16.4. The zero-order chi connectivity index (χ0) is 12.8. The largest absolute Gasteiger partial charge is 0.480 e. The molecule has 6 nitrogen and oxygen atoms in total. The molecule has 1 heterocycles. The van der Waals surface area contributed by atoms with Crippen molar-refractivity contribution in [3.8, 4) is 0 Å². The van der Waals surface area contributed by atoms with Gasteiger partial charge in [-0.05, 0) is 39.3 Å². The number of carboxylic acids is 1. The molecule has 2 amide bonds. The molecule has 1 aliphatic rings. The fourth-order valence-electron chi connectivity index (χ4n) is 2.04.